The van der Waals surface area contributed by atoms with Crippen molar-refractivity contribution >= 4 is 49.4 Å². The highest BCUT2D eigenvalue weighted by atomic mass is 79.9. The van der Waals surface area contributed by atoms with Gasteiger partial charge in [-0.2, -0.15) is 0 Å². The average molecular weight is 463 g/mol. The summed E-state index contributed by atoms with van der Waals surface area (Å²) in [7, 11) is 0. The normalized spacial score (nSPS) is 10.4. The van der Waals surface area contributed by atoms with Gasteiger partial charge in [0.15, 0.2) is 0 Å². The predicted molar refractivity (Wildman–Crippen MR) is 98.6 cm³/mol. The number of carbonyl (C=O) groups is 1. The minimum atomic E-state index is -0.287. The molecule has 0 spiro atoms. The Kier molecular flexibility index (Phi) is 6.93. The van der Waals surface area contributed by atoms with Crippen LogP contribution in [0.2, 0.25) is 5.02 Å². The van der Waals surface area contributed by atoms with E-state index < -0.39 is 0 Å². The fraction of sp³-hybridized carbons (Fsp3) is 0.235. The molecule has 0 radical (unpaired) electrons. The molecule has 0 aliphatic heterocycles. The van der Waals surface area contributed by atoms with E-state index in [9.17, 15) is 4.79 Å². The van der Waals surface area contributed by atoms with E-state index in [0.717, 1.165) is 21.3 Å². The molecule has 0 saturated heterocycles. The van der Waals surface area contributed by atoms with E-state index in [1.807, 2.05) is 18.2 Å². The molecule has 0 N–H and O–H groups in total. The Morgan fingerprint density at radius 2 is 2.00 bits per heavy atom. The van der Waals surface area contributed by atoms with Crippen LogP contribution in [0, 0.1) is 0 Å². The minimum absolute atomic E-state index is 0.163. The summed E-state index contributed by atoms with van der Waals surface area (Å²) in [4.78, 5) is 11.6. The van der Waals surface area contributed by atoms with Crippen molar-refractivity contribution in [2.45, 2.75) is 18.7 Å². The van der Waals surface area contributed by atoms with Crippen molar-refractivity contribution in [2.24, 2.45) is 0 Å². The first-order valence-electron chi connectivity index (χ1n) is 6.99. The smallest absolute Gasteiger partial charge is 0.310 e. The van der Waals surface area contributed by atoms with Crippen molar-refractivity contribution in [3.05, 3.63) is 57.0 Å². The summed E-state index contributed by atoms with van der Waals surface area (Å²) in [6, 6.07) is 11.0. The summed E-state index contributed by atoms with van der Waals surface area (Å²) < 4.78 is 11.9. The summed E-state index contributed by atoms with van der Waals surface area (Å²) in [5.74, 6) is 1.03. The first kappa shape index (κ1) is 18.3. The monoisotopic (exact) mass is 460 g/mol. The Balaban J connectivity index is 2.23. The number of esters is 1. The molecule has 0 aliphatic rings. The first-order chi connectivity index (χ1) is 11.0. The molecule has 0 heterocycles. The lowest BCUT2D eigenvalue weighted by molar-refractivity contribution is -0.142. The van der Waals surface area contributed by atoms with Crippen LogP contribution in [0.25, 0.3) is 0 Å². The van der Waals surface area contributed by atoms with Crippen LogP contribution in [0.15, 0.2) is 40.9 Å². The van der Waals surface area contributed by atoms with Gasteiger partial charge in [0.25, 0.3) is 0 Å². The molecular formula is C17H15Br2ClO3. The van der Waals surface area contributed by atoms with E-state index in [4.69, 9.17) is 21.1 Å². The van der Waals surface area contributed by atoms with Gasteiger partial charge in [0.1, 0.15) is 11.5 Å². The maximum Gasteiger partial charge on any atom is 0.310 e. The molecule has 0 saturated carbocycles. The average Bonchev–Trinajstić information content (AvgIpc) is 2.48. The third-order valence-electron chi connectivity index (χ3n) is 2.98. The van der Waals surface area contributed by atoms with E-state index in [-0.39, 0.29) is 12.4 Å². The van der Waals surface area contributed by atoms with Crippen molar-refractivity contribution in [2.75, 3.05) is 6.61 Å². The Labute approximate surface area is 157 Å². The number of hydrogen-bond acceptors (Lipinski definition) is 3. The summed E-state index contributed by atoms with van der Waals surface area (Å²) in [6.45, 7) is 2.13. The highest BCUT2D eigenvalue weighted by Gasteiger charge is 2.10. The van der Waals surface area contributed by atoms with E-state index in [1.165, 1.54) is 0 Å². The number of rotatable bonds is 6. The second-order valence-corrected chi connectivity index (χ2v) is 6.68. The minimum Gasteiger partial charge on any atom is -0.466 e. The number of ether oxygens (including phenoxy) is 2. The largest absolute Gasteiger partial charge is 0.466 e. The van der Waals surface area contributed by atoms with E-state index in [1.54, 1.807) is 25.1 Å². The van der Waals surface area contributed by atoms with Gasteiger partial charge in [0.2, 0.25) is 0 Å². The number of halogens is 3. The van der Waals surface area contributed by atoms with Gasteiger partial charge in [0, 0.05) is 20.4 Å². The SMILES string of the molecule is CCOC(=O)Cc1cc(Cl)cc(Oc2ccc(Br)cc2CBr)c1. The van der Waals surface area contributed by atoms with Crippen molar-refractivity contribution in [3.8, 4) is 11.5 Å². The topological polar surface area (TPSA) is 35.5 Å². The first-order valence-corrected chi connectivity index (χ1v) is 9.28. The highest BCUT2D eigenvalue weighted by molar-refractivity contribution is 9.10. The molecule has 23 heavy (non-hydrogen) atoms. The van der Waals surface area contributed by atoms with E-state index in [0.29, 0.717) is 22.7 Å². The predicted octanol–water partition coefficient (Wildman–Crippen LogP) is 5.90. The van der Waals surface area contributed by atoms with Gasteiger partial charge in [0.05, 0.1) is 13.0 Å². The van der Waals surface area contributed by atoms with Crippen LogP contribution in [-0.2, 0) is 21.3 Å². The van der Waals surface area contributed by atoms with Crippen LogP contribution in [-0.4, -0.2) is 12.6 Å². The Hall–Kier alpha value is -1.04. The second-order valence-electron chi connectivity index (χ2n) is 4.76. The molecule has 0 atom stereocenters. The fourth-order valence-electron chi connectivity index (χ4n) is 2.04. The van der Waals surface area contributed by atoms with Crippen LogP contribution in [0.5, 0.6) is 11.5 Å². The highest BCUT2D eigenvalue weighted by Crippen LogP contribution is 2.31. The molecule has 6 heteroatoms. The van der Waals surface area contributed by atoms with Gasteiger partial charge in [-0.25, -0.2) is 0 Å². The van der Waals surface area contributed by atoms with Gasteiger partial charge in [-0.1, -0.05) is 43.5 Å². The molecule has 0 unspecified atom stereocenters. The lowest BCUT2D eigenvalue weighted by Gasteiger charge is -2.12. The van der Waals surface area contributed by atoms with Gasteiger partial charge in [-0.15, -0.1) is 0 Å². The summed E-state index contributed by atoms with van der Waals surface area (Å²) in [6.07, 6.45) is 0.163. The number of carbonyl (C=O) groups excluding carboxylic acids is 1. The van der Waals surface area contributed by atoms with Gasteiger partial charge in [-0.05, 0) is 48.9 Å². The molecule has 0 fully saturated rings. The van der Waals surface area contributed by atoms with Crippen LogP contribution < -0.4 is 4.74 Å². The van der Waals surface area contributed by atoms with E-state index >= 15 is 0 Å². The number of benzene rings is 2. The lowest BCUT2D eigenvalue weighted by atomic mass is 10.1. The van der Waals surface area contributed by atoms with Crippen LogP contribution in [0.1, 0.15) is 18.1 Å². The third kappa shape index (κ3) is 5.52. The zero-order chi connectivity index (χ0) is 16.8. The Morgan fingerprint density at radius 3 is 2.70 bits per heavy atom. The molecule has 0 amide bonds. The van der Waals surface area contributed by atoms with Crippen molar-refractivity contribution in [1.29, 1.82) is 0 Å². The molecule has 0 bridgehead atoms. The van der Waals surface area contributed by atoms with Crippen LogP contribution in [0.3, 0.4) is 0 Å². The fourth-order valence-corrected chi connectivity index (χ4v) is 3.13. The second kappa shape index (κ2) is 8.71. The summed E-state index contributed by atoms with van der Waals surface area (Å²) in [5, 5.41) is 1.18. The lowest BCUT2D eigenvalue weighted by Crippen LogP contribution is -2.07. The molecular weight excluding hydrogens is 447 g/mol. The molecule has 0 aliphatic carbocycles. The van der Waals surface area contributed by atoms with Crippen molar-refractivity contribution < 1.29 is 14.3 Å². The molecule has 0 aromatic heterocycles. The summed E-state index contributed by atoms with van der Waals surface area (Å²) in [5.41, 5.74) is 1.76. The van der Waals surface area contributed by atoms with Crippen LogP contribution >= 0.6 is 43.5 Å². The molecule has 122 valence electrons. The number of alkyl halides is 1. The standard InChI is InChI=1S/C17H15Br2ClO3/c1-2-22-17(21)7-11-5-14(20)9-15(6-11)23-16-4-3-13(19)8-12(16)10-18/h3-6,8-9H,2,7,10H2,1H3. The zero-order valence-corrected chi connectivity index (χ0v) is 16.4. The quantitative estimate of drug-likeness (QED) is 0.396. The molecule has 3 nitrogen and oxygen atoms in total. The molecule has 2 aromatic carbocycles. The van der Waals surface area contributed by atoms with Crippen molar-refractivity contribution in [1.82, 2.24) is 0 Å². The number of hydrogen-bond donors (Lipinski definition) is 0. The van der Waals surface area contributed by atoms with Crippen LogP contribution in [0.4, 0.5) is 0 Å². The van der Waals surface area contributed by atoms with Gasteiger partial charge in [-0.3, -0.25) is 4.79 Å². The zero-order valence-electron chi connectivity index (χ0n) is 12.4. The Bertz CT molecular complexity index is 704. The molecule has 2 aromatic rings. The molecule has 2 rings (SSSR count). The Morgan fingerprint density at radius 1 is 1.22 bits per heavy atom. The third-order valence-corrected chi connectivity index (χ3v) is 4.29. The maximum absolute atomic E-state index is 11.6. The maximum atomic E-state index is 11.6. The summed E-state index contributed by atoms with van der Waals surface area (Å²) >= 11 is 13.0. The van der Waals surface area contributed by atoms with Gasteiger partial charge < -0.3 is 9.47 Å². The van der Waals surface area contributed by atoms with Gasteiger partial charge >= 0.3 is 5.97 Å². The van der Waals surface area contributed by atoms with Crippen molar-refractivity contribution in [3.63, 3.8) is 0 Å². The van der Waals surface area contributed by atoms with E-state index in [2.05, 4.69) is 31.9 Å².